The van der Waals surface area contributed by atoms with Crippen LogP contribution < -0.4 is 11.1 Å². The Morgan fingerprint density at radius 2 is 2.15 bits per heavy atom. The number of aryl methyl sites for hydroxylation is 1. The normalized spacial score (nSPS) is 9.70. The van der Waals surface area contributed by atoms with E-state index >= 15 is 0 Å². The van der Waals surface area contributed by atoms with Crippen LogP contribution in [0, 0.1) is 11.8 Å². The molecular weight excluding hydrogens is 270 g/mol. The molecule has 2 aromatic rings. The van der Waals surface area contributed by atoms with Gasteiger partial charge in [-0.05, 0) is 24.1 Å². The predicted molar refractivity (Wildman–Crippen MR) is 81.8 cm³/mol. The van der Waals surface area contributed by atoms with Gasteiger partial charge in [0.2, 0.25) is 0 Å². The molecule has 0 fully saturated rings. The van der Waals surface area contributed by atoms with Crippen LogP contribution in [0.1, 0.15) is 27.7 Å². The average Bonchev–Trinajstić information content (AvgIpc) is 2.92. The molecule has 0 saturated heterocycles. The summed E-state index contributed by atoms with van der Waals surface area (Å²) in [7, 11) is 0. The molecule has 2 rings (SSSR count). The highest BCUT2D eigenvalue weighted by Gasteiger charge is 2.08. The zero-order chi connectivity index (χ0) is 14.4. The Morgan fingerprint density at radius 3 is 2.80 bits per heavy atom. The standard InChI is InChI=1S/C15H15N3OS/c1-2-11-5-7-12(8-6-11)14(19)18-15-17-10-13(20-15)4-3-9-16/h5-8,10H,2,9,16H2,1H3,(H,17,18,19). The second kappa shape index (κ2) is 6.85. The van der Waals surface area contributed by atoms with Crippen molar-refractivity contribution in [3.8, 4) is 11.8 Å². The molecule has 1 heterocycles. The Kier molecular flexibility index (Phi) is 4.88. The fourth-order valence-electron chi connectivity index (χ4n) is 1.59. The number of aromatic nitrogens is 1. The lowest BCUT2D eigenvalue weighted by molar-refractivity contribution is 0.102. The summed E-state index contributed by atoms with van der Waals surface area (Å²) in [4.78, 5) is 16.9. The van der Waals surface area contributed by atoms with E-state index < -0.39 is 0 Å². The number of nitrogens with zero attached hydrogens (tertiary/aromatic N) is 1. The van der Waals surface area contributed by atoms with Crippen molar-refractivity contribution >= 4 is 22.4 Å². The number of rotatable bonds is 3. The van der Waals surface area contributed by atoms with Crippen molar-refractivity contribution < 1.29 is 4.79 Å². The second-order valence-electron chi connectivity index (χ2n) is 4.04. The summed E-state index contributed by atoms with van der Waals surface area (Å²) < 4.78 is 0. The molecule has 0 unspecified atom stereocenters. The van der Waals surface area contributed by atoms with E-state index in [1.165, 1.54) is 16.9 Å². The van der Waals surface area contributed by atoms with E-state index in [4.69, 9.17) is 5.73 Å². The number of benzene rings is 1. The third-order valence-electron chi connectivity index (χ3n) is 2.66. The topological polar surface area (TPSA) is 68.0 Å². The molecule has 0 saturated carbocycles. The number of hydrogen-bond acceptors (Lipinski definition) is 4. The first kappa shape index (κ1) is 14.3. The Morgan fingerprint density at radius 1 is 1.40 bits per heavy atom. The van der Waals surface area contributed by atoms with Crippen LogP contribution in [0.4, 0.5) is 5.13 Å². The number of nitrogens with one attached hydrogen (secondary N) is 1. The van der Waals surface area contributed by atoms with Crippen molar-refractivity contribution in [2.24, 2.45) is 5.73 Å². The molecule has 20 heavy (non-hydrogen) atoms. The van der Waals surface area contributed by atoms with Crippen LogP contribution >= 0.6 is 11.3 Å². The van der Waals surface area contributed by atoms with Gasteiger partial charge in [0.25, 0.3) is 5.91 Å². The minimum absolute atomic E-state index is 0.166. The molecular formula is C15H15N3OS. The maximum absolute atomic E-state index is 12.0. The summed E-state index contributed by atoms with van der Waals surface area (Å²) in [6.45, 7) is 2.39. The lowest BCUT2D eigenvalue weighted by Gasteiger charge is -2.02. The van der Waals surface area contributed by atoms with E-state index in [1.807, 2.05) is 24.3 Å². The van der Waals surface area contributed by atoms with Gasteiger partial charge in [0.05, 0.1) is 17.6 Å². The van der Waals surface area contributed by atoms with Gasteiger partial charge < -0.3 is 5.73 Å². The summed E-state index contributed by atoms with van der Waals surface area (Å²) in [6, 6.07) is 7.54. The summed E-state index contributed by atoms with van der Waals surface area (Å²) in [6.07, 6.45) is 2.58. The summed E-state index contributed by atoms with van der Waals surface area (Å²) in [5.74, 6) is 5.47. The van der Waals surface area contributed by atoms with Gasteiger partial charge in [-0.3, -0.25) is 10.1 Å². The van der Waals surface area contributed by atoms with Crippen molar-refractivity contribution in [3.63, 3.8) is 0 Å². The van der Waals surface area contributed by atoms with Crippen LogP contribution in [0.3, 0.4) is 0 Å². The molecule has 5 heteroatoms. The monoisotopic (exact) mass is 285 g/mol. The largest absolute Gasteiger partial charge is 0.320 e. The van der Waals surface area contributed by atoms with Crippen LogP contribution in [0.15, 0.2) is 30.5 Å². The molecule has 0 aliphatic heterocycles. The molecule has 0 aliphatic carbocycles. The van der Waals surface area contributed by atoms with Gasteiger partial charge in [0, 0.05) is 5.56 Å². The van der Waals surface area contributed by atoms with E-state index in [9.17, 15) is 4.79 Å². The highest BCUT2D eigenvalue weighted by Crippen LogP contribution is 2.18. The van der Waals surface area contributed by atoms with Gasteiger partial charge in [-0.15, -0.1) is 0 Å². The molecule has 1 aromatic heterocycles. The molecule has 102 valence electrons. The minimum atomic E-state index is -0.166. The van der Waals surface area contributed by atoms with Gasteiger partial charge in [-0.25, -0.2) is 4.98 Å². The van der Waals surface area contributed by atoms with Crippen LogP contribution in [0.5, 0.6) is 0 Å². The molecule has 0 atom stereocenters. The van der Waals surface area contributed by atoms with E-state index in [2.05, 4.69) is 29.1 Å². The number of carbonyl (C=O) groups is 1. The number of carbonyl (C=O) groups excluding carboxylic acids is 1. The average molecular weight is 285 g/mol. The molecule has 1 aromatic carbocycles. The summed E-state index contributed by atoms with van der Waals surface area (Å²) >= 11 is 1.33. The molecule has 3 N–H and O–H groups in total. The van der Waals surface area contributed by atoms with Gasteiger partial charge in [-0.2, -0.15) is 0 Å². The third kappa shape index (κ3) is 3.67. The van der Waals surface area contributed by atoms with E-state index in [0.29, 0.717) is 17.2 Å². The molecule has 0 spiro atoms. The number of anilines is 1. The van der Waals surface area contributed by atoms with Gasteiger partial charge in [0.15, 0.2) is 5.13 Å². The first-order valence-electron chi connectivity index (χ1n) is 6.28. The lowest BCUT2D eigenvalue weighted by atomic mass is 10.1. The maximum Gasteiger partial charge on any atom is 0.257 e. The SMILES string of the molecule is CCc1ccc(C(=O)Nc2ncc(C#CCN)s2)cc1. The van der Waals surface area contributed by atoms with E-state index in [-0.39, 0.29) is 5.91 Å². The molecule has 0 radical (unpaired) electrons. The number of thiazole rings is 1. The highest BCUT2D eigenvalue weighted by atomic mass is 32.1. The van der Waals surface area contributed by atoms with Crippen molar-refractivity contribution in [2.75, 3.05) is 11.9 Å². The second-order valence-corrected chi connectivity index (χ2v) is 5.07. The van der Waals surface area contributed by atoms with Crippen molar-refractivity contribution in [1.29, 1.82) is 0 Å². The van der Waals surface area contributed by atoms with Crippen LogP contribution in [0.25, 0.3) is 0 Å². The van der Waals surface area contributed by atoms with Crippen molar-refractivity contribution in [3.05, 3.63) is 46.5 Å². The number of hydrogen-bond donors (Lipinski definition) is 2. The van der Waals surface area contributed by atoms with Gasteiger partial charge in [0.1, 0.15) is 0 Å². The first-order chi connectivity index (χ1) is 9.72. The summed E-state index contributed by atoms with van der Waals surface area (Å²) in [5.41, 5.74) is 7.13. The molecule has 0 bridgehead atoms. The zero-order valence-corrected chi connectivity index (χ0v) is 12.0. The fourth-order valence-corrected chi connectivity index (χ4v) is 2.28. The molecule has 0 aliphatic rings. The molecule has 4 nitrogen and oxygen atoms in total. The summed E-state index contributed by atoms with van der Waals surface area (Å²) in [5, 5.41) is 3.30. The smallest absolute Gasteiger partial charge is 0.257 e. The quantitative estimate of drug-likeness (QED) is 0.850. The van der Waals surface area contributed by atoms with Crippen molar-refractivity contribution in [2.45, 2.75) is 13.3 Å². The minimum Gasteiger partial charge on any atom is -0.320 e. The van der Waals surface area contributed by atoms with Gasteiger partial charge in [-0.1, -0.05) is 42.2 Å². The lowest BCUT2D eigenvalue weighted by Crippen LogP contribution is -2.11. The van der Waals surface area contributed by atoms with E-state index in [0.717, 1.165) is 11.3 Å². The Balaban J connectivity index is 2.05. The van der Waals surface area contributed by atoms with Crippen LogP contribution in [0.2, 0.25) is 0 Å². The number of amides is 1. The molecule has 1 amide bonds. The number of nitrogens with two attached hydrogens (primary N) is 1. The van der Waals surface area contributed by atoms with E-state index in [1.54, 1.807) is 6.20 Å². The maximum atomic E-state index is 12.0. The third-order valence-corrected chi connectivity index (χ3v) is 3.49. The fraction of sp³-hybridized carbons (Fsp3) is 0.200. The Bertz CT molecular complexity index is 650. The zero-order valence-electron chi connectivity index (χ0n) is 11.1. The van der Waals surface area contributed by atoms with Crippen molar-refractivity contribution in [1.82, 2.24) is 4.98 Å². The highest BCUT2D eigenvalue weighted by molar-refractivity contribution is 7.16. The Hall–Kier alpha value is -2.16. The van der Waals surface area contributed by atoms with Crippen LogP contribution in [-0.4, -0.2) is 17.4 Å². The predicted octanol–water partition coefficient (Wildman–Crippen LogP) is 2.27. The van der Waals surface area contributed by atoms with Crippen LogP contribution in [-0.2, 0) is 6.42 Å². The first-order valence-corrected chi connectivity index (χ1v) is 7.09. The van der Waals surface area contributed by atoms with Gasteiger partial charge >= 0.3 is 0 Å². The Labute approximate surface area is 122 Å².